The standard InChI is InChI=1S/C30H31BBrNO5/c1-29(2)30(3,4)38-31(37-29)20(15-19-13-14-27(34)26(32)16-19)17-33-28(35)36-18-25-23-11-7-5-9-21(23)22-10-6-8-12-24(22)25/h5-16,25,34H,17-18H2,1-4H3,(H,33,35). The molecule has 1 fully saturated rings. The fourth-order valence-corrected chi connectivity index (χ4v) is 5.24. The highest BCUT2D eigenvalue weighted by Crippen LogP contribution is 2.44. The smallest absolute Gasteiger partial charge is 0.492 e. The molecule has 1 amide bonds. The Bertz CT molecular complexity index is 1340. The number of fused-ring (bicyclic) bond motifs is 3. The third-order valence-corrected chi connectivity index (χ3v) is 8.30. The lowest BCUT2D eigenvalue weighted by Crippen LogP contribution is -2.41. The maximum atomic E-state index is 12.9. The SMILES string of the molecule is CC1(C)OB(C(=Cc2ccc(O)c(Br)c2)CNC(=O)OCC2c3ccccc3-c3ccccc32)OC1(C)C. The summed E-state index contributed by atoms with van der Waals surface area (Å²) >= 11 is 3.36. The highest BCUT2D eigenvalue weighted by molar-refractivity contribution is 9.10. The van der Waals surface area contributed by atoms with Crippen molar-refractivity contribution >= 4 is 35.2 Å². The number of carbonyl (C=O) groups is 1. The predicted molar refractivity (Wildman–Crippen MR) is 153 cm³/mol. The van der Waals surface area contributed by atoms with Crippen LogP contribution in [0, 0.1) is 0 Å². The van der Waals surface area contributed by atoms with Gasteiger partial charge in [0, 0.05) is 12.5 Å². The molecule has 2 aliphatic rings. The Morgan fingerprint density at radius 3 is 2.16 bits per heavy atom. The minimum atomic E-state index is -0.651. The zero-order chi connectivity index (χ0) is 27.1. The maximum Gasteiger partial charge on any atom is 0.492 e. The highest BCUT2D eigenvalue weighted by Gasteiger charge is 2.52. The molecule has 196 valence electrons. The number of phenolic OH excluding ortho intramolecular Hbond substituents is 1. The Morgan fingerprint density at radius 1 is 1.00 bits per heavy atom. The number of rotatable bonds is 6. The van der Waals surface area contributed by atoms with E-state index >= 15 is 0 Å². The van der Waals surface area contributed by atoms with E-state index in [-0.39, 0.29) is 24.8 Å². The van der Waals surface area contributed by atoms with Crippen molar-refractivity contribution < 1.29 is 23.9 Å². The fourth-order valence-electron chi connectivity index (χ4n) is 4.85. The molecule has 6 nitrogen and oxygen atoms in total. The van der Waals surface area contributed by atoms with Crippen LogP contribution in [-0.4, -0.2) is 42.7 Å². The average Bonchev–Trinajstić information content (AvgIpc) is 3.31. The van der Waals surface area contributed by atoms with Gasteiger partial charge >= 0.3 is 13.2 Å². The Morgan fingerprint density at radius 2 is 1.58 bits per heavy atom. The Balaban J connectivity index is 1.30. The first-order valence-electron chi connectivity index (χ1n) is 12.7. The summed E-state index contributed by atoms with van der Waals surface area (Å²) < 4.78 is 18.8. The molecule has 0 spiro atoms. The van der Waals surface area contributed by atoms with Gasteiger partial charge in [0.2, 0.25) is 0 Å². The molecule has 2 N–H and O–H groups in total. The van der Waals surface area contributed by atoms with Gasteiger partial charge in [0.25, 0.3) is 0 Å². The molecule has 0 saturated carbocycles. The van der Waals surface area contributed by atoms with Crippen LogP contribution < -0.4 is 5.32 Å². The van der Waals surface area contributed by atoms with E-state index in [1.54, 1.807) is 18.2 Å². The molecular formula is C30H31BBrNO5. The lowest BCUT2D eigenvalue weighted by Gasteiger charge is -2.32. The largest absolute Gasteiger partial charge is 0.507 e. The van der Waals surface area contributed by atoms with Crippen molar-refractivity contribution in [3.05, 3.63) is 93.4 Å². The van der Waals surface area contributed by atoms with Gasteiger partial charge in [-0.25, -0.2) is 4.79 Å². The van der Waals surface area contributed by atoms with Gasteiger partial charge < -0.3 is 24.5 Å². The van der Waals surface area contributed by atoms with Crippen LogP contribution >= 0.6 is 15.9 Å². The first kappa shape index (κ1) is 26.5. The Kier molecular flexibility index (Phi) is 7.16. The van der Waals surface area contributed by atoms with Crippen LogP contribution in [0.2, 0.25) is 0 Å². The summed E-state index contributed by atoms with van der Waals surface area (Å²) in [5.74, 6) is 0.136. The number of nitrogens with one attached hydrogen (secondary N) is 1. The topological polar surface area (TPSA) is 77.0 Å². The van der Waals surface area contributed by atoms with E-state index in [0.29, 0.717) is 4.47 Å². The van der Waals surface area contributed by atoms with Crippen LogP contribution in [0.4, 0.5) is 4.79 Å². The van der Waals surface area contributed by atoms with Crippen molar-refractivity contribution in [3.63, 3.8) is 0 Å². The summed E-state index contributed by atoms with van der Waals surface area (Å²) in [7, 11) is -0.651. The van der Waals surface area contributed by atoms with Crippen molar-refractivity contribution in [1.29, 1.82) is 0 Å². The predicted octanol–water partition coefficient (Wildman–Crippen LogP) is 6.71. The van der Waals surface area contributed by atoms with Crippen LogP contribution in [0.1, 0.15) is 50.3 Å². The molecule has 38 heavy (non-hydrogen) atoms. The zero-order valence-corrected chi connectivity index (χ0v) is 23.5. The van der Waals surface area contributed by atoms with Gasteiger partial charge in [0.15, 0.2) is 0 Å². The number of phenols is 1. The number of alkyl carbamates (subject to hydrolysis) is 1. The van der Waals surface area contributed by atoms with Gasteiger partial charge in [-0.3, -0.25) is 0 Å². The van der Waals surface area contributed by atoms with E-state index in [9.17, 15) is 9.90 Å². The van der Waals surface area contributed by atoms with Crippen LogP contribution in [0.25, 0.3) is 17.2 Å². The van der Waals surface area contributed by atoms with Crippen molar-refractivity contribution in [1.82, 2.24) is 5.32 Å². The summed E-state index contributed by atoms with van der Waals surface area (Å²) in [6, 6.07) is 21.7. The van der Waals surface area contributed by atoms with Crippen LogP contribution in [-0.2, 0) is 14.0 Å². The first-order chi connectivity index (χ1) is 18.1. The molecule has 0 bridgehead atoms. The van der Waals surface area contributed by atoms with Gasteiger partial charge in [-0.05, 0) is 89.0 Å². The van der Waals surface area contributed by atoms with Crippen LogP contribution in [0.3, 0.4) is 0 Å². The molecule has 0 atom stereocenters. The van der Waals surface area contributed by atoms with Crippen molar-refractivity contribution in [2.75, 3.05) is 13.2 Å². The monoisotopic (exact) mass is 575 g/mol. The second kappa shape index (κ2) is 10.2. The van der Waals surface area contributed by atoms with E-state index in [1.807, 2.05) is 58.0 Å². The molecule has 5 rings (SSSR count). The first-order valence-corrected chi connectivity index (χ1v) is 13.5. The molecule has 0 radical (unpaired) electrons. The molecule has 0 aromatic heterocycles. The van der Waals surface area contributed by atoms with Crippen molar-refractivity contribution in [2.24, 2.45) is 0 Å². The van der Waals surface area contributed by atoms with E-state index < -0.39 is 24.4 Å². The number of ether oxygens (including phenoxy) is 1. The van der Waals surface area contributed by atoms with Gasteiger partial charge in [-0.15, -0.1) is 0 Å². The molecule has 1 aliphatic carbocycles. The number of aromatic hydroxyl groups is 1. The highest BCUT2D eigenvalue weighted by atomic mass is 79.9. The van der Waals surface area contributed by atoms with Gasteiger partial charge in [-0.2, -0.15) is 0 Å². The van der Waals surface area contributed by atoms with Gasteiger partial charge in [0.05, 0.1) is 15.7 Å². The minimum absolute atomic E-state index is 0.0133. The summed E-state index contributed by atoms with van der Waals surface area (Å²) in [5.41, 5.74) is 5.19. The summed E-state index contributed by atoms with van der Waals surface area (Å²) in [4.78, 5) is 12.9. The molecular weight excluding hydrogens is 545 g/mol. The molecule has 1 heterocycles. The lowest BCUT2D eigenvalue weighted by molar-refractivity contribution is 0.00578. The Labute approximate surface area is 232 Å². The number of carbonyl (C=O) groups excluding carboxylic acids is 1. The fraction of sp³-hybridized carbons (Fsp3) is 0.300. The lowest BCUT2D eigenvalue weighted by atomic mass is 9.77. The van der Waals surface area contributed by atoms with Crippen LogP contribution in [0.15, 0.2) is 76.7 Å². The third kappa shape index (κ3) is 5.13. The van der Waals surface area contributed by atoms with E-state index in [2.05, 4.69) is 45.5 Å². The molecule has 3 aromatic carbocycles. The second-order valence-corrected chi connectivity index (χ2v) is 11.6. The quantitative estimate of drug-likeness (QED) is 0.319. The molecule has 1 saturated heterocycles. The van der Waals surface area contributed by atoms with E-state index in [1.165, 1.54) is 11.1 Å². The summed E-state index contributed by atoms with van der Waals surface area (Å²) in [6.45, 7) is 8.36. The van der Waals surface area contributed by atoms with Crippen molar-refractivity contribution in [2.45, 2.75) is 44.8 Å². The molecule has 8 heteroatoms. The summed E-state index contributed by atoms with van der Waals surface area (Å²) in [5, 5.41) is 12.8. The normalized spacial score (nSPS) is 17.7. The van der Waals surface area contributed by atoms with Gasteiger partial charge in [0.1, 0.15) is 12.4 Å². The summed E-state index contributed by atoms with van der Waals surface area (Å²) in [6.07, 6.45) is 1.39. The number of halogens is 1. The zero-order valence-electron chi connectivity index (χ0n) is 22.0. The second-order valence-electron chi connectivity index (χ2n) is 10.7. The van der Waals surface area contributed by atoms with Crippen LogP contribution in [0.5, 0.6) is 5.75 Å². The van der Waals surface area contributed by atoms with Gasteiger partial charge in [-0.1, -0.05) is 60.7 Å². The van der Waals surface area contributed by atoms with E-state index in [0.717, 1.165) is 22.2 Å². The third-order valence-electron chi connectivity index (χ3n) is 7.66. The number of amides is 1. The molecule has 3 aromatic rings. The Hall–Kier alpha value is -3.07. The molecule has 1 aliphatic heterocycles. The van der Waals surface area contributed by atoms with Crippen molar-refractivity contribution in [3.8, 4) is 16.9 Å². The average molecular weight is 576 g/mol. The number of hydrogen-bond acceptors (Lipinski definition) is 5. The minimum Gasteiger partial charge on any atom is -0.507 e. The maximum absolute atomic E-state index is 12.9. The molecule has 0 unspecified atom stereocenters. The van der Waals surface area contributed by atoms with E-state index in [4.69, 9.17) is 14.0 Å². The number of hydrogen-bond donors (Lipinski definition) is 2. The number of benzene rings is 3.